The van der Waals surface area contributed by atoms with Gasteiger partial charge in [0.25, 0.3) is 0 Å². The van der Waals surface area contributed by atoms with Crippen molar-refractivity contribution in [2.75, 3.05) is 24.5 Å². The Morgan fingerprint density at radius 3 is 2.61 bits per heavy atom. The lowest BCUT2D eigenvalue weighted by Crippen LogP contribution is -2.46. The maximum absolute atomic E-state index is 12.1. The van der Waals surface area contributed by atoms with Crippen LogP contribution in [0, 0.1) is 0 Å². The van der Waals surface area contributed by atoms with Crippen molar-refractivity contribution in [2.45, 2.75) is 31.0 Å². The predicted molar refractivity (Wildman–Crippen MR) is 99.8 cm³/mol. The fourth-order valence-corrected chi connectivity index (χ4v) is 3.25. The van der Waals surface area contributed by atoms with Crippen molar-refractivity contribution in [3.8, 4) is 0 Å². The fourth-order valence-electron chi connectivity index (χ4n) is 2.98. The van der Waals surface area contributed by atoms with Gasteiger partial charge in [0.05, 0.1) is 12.1 Å². The minimum Gasteiger partial charge on any atom is -0.392 e. The second-order valence-corrected chi connectivity index (χ2v) is 6.68. The van der Waals surface area contributed by atoms with E-state index in [4.69, 9.17) is 0 Å². The number of amides is 1. The van der Waals surface area contributed by atoms with Crippen LogP contribution in [0.25, 0.3) is 0 Å². The van der Waals surface area contributed by atoms with E-state index in [-0.39, 0.29) is 42.8 Å². The largest absolute Gasteiger partial charge is 0.392 e. The van der Waals surface area contributed by atoms with E-state index >= 15 is 0 Å². The summed E-state index contributed by atoms with van der Waals surface area (Å²) in [5.74, 6) is 0.00852. The zero-order chi connectivity index (χ0) is 14.8. The molecule has 1 aromatic rings. The van der Waals surface area contributed by atoms with Gasteiger partial charge in [-0.05, 0) is 37.1 Å². The zero-order valence-electron chi connectivity index (χ0n) is 12.6. The molecule has 0 aromatic heterocycles. The van der Waals surface area contributed by atoms with Crippen molar-refractivity contribution in [3.63, 3.8) is 0 Å². The Hall–Kier alpha value is -0.530. The lowest BCUT2D eigenvalue weighted by atomic mass is 10.1. The monoisotopic (exact) mass is 425 g/mol. The van der Waals surface area contributed by atoms with Gasteiger partial charge in [0.15, 0.2) is 0 Å². The van der Waals surface area contributed by atoms with E-state index < -0.39 is 6.10 Å². The van der Waals surface area contributed by atoms with E-state index in [0.29, 0.717) is 13.0 Å². The van der Waals surface area contributed by atoms with Crippen molar-refractivity contribution in [3.05, 3.63) is 28.7 Å². The molecule has 0 spiro atoms. The number of aliphatic hydroxyl groups excluding tert-OH is 1. The topological polar surface area (TPSA) is 64.6 Å². The normalized spacial score (nSPS) is 26.3. The third-order valence-corrected chi connectivity index (χ3v) is 4.68. The minimum atomic E-state index is -0.399. The van der Waals surface area contributed by atoms with Crippen molar-refractivity contribution >= 4 is 52.3 Å². The number of halogens is 3. The lowest BCUT2D eigenvalue weighted by molar-refractivity contribution is -0.123. The number of carbonyl (C=O) groups excluding carboxylic acids is 1. The number of β-amino-alcohol motifs (C(OH)–C–C–N with tert-alkyl or cyclic N) is 1. The average molecular weight is 427 g/mol. The van der Waals surface area contributed by atoms with Gasteiger partial charge in [-0.3, -0.25) is 4.79 Å². The standard InChI is InChI=1S/C15H20BrN3O2.2ClH/c16-10-1-3-12(4-2-10)19-6-5-11(9-19)18-15(21)14-7-13(20)8-17-14;;/h1-4,11,13-14,17,20H,5-9H2,(H,18,21);2*1H. The second-order valence-electron chi connectivity index (χ2n) is 5.77. The van der Waals surface area contributed by atoms with Gasteiger partial charge in [-0.15, -0.1) is 24.8 Å². The Balaban J connectivity index is 0.00000132. The Kier molecular flexibility index (Phi) is 8.10. The summed E-state index contributed by atoms with van der Waals surface area (Å²) >= 11 is 3.44. The molecule has 3 unspecified atom stereocenters. The number of rotatable bonds is 3. The van der Waals surface area contributed by atoms with Crippen LogP contribution < -0.4 is 15.5 Å². The molecule has 0 saturated carbocycles. The first-order valence-corrected chi connectivity index (χ1v) is 8.13. The van der Waals surface area contributed by atoms with E-state index in [9.17, 15) is 9.90 Å². The van der Waals surface area contributed by atoms with E-state index in [2.05, 4.69) is 43.6 Å². The number of nitrogens with one attached hydrogen (secondary N) is 2. The molecule has 3 rings (SSSR count). The van der Waals surface area contributed by atoms with Crippen molar-refractivity contribution in [1.29, 1.82) is 0 Å². The Labute approximate surface area is 157 Å². The summed E-state index contributed by atoms with van der Waals surface area (Å²) in [7, 11) is 0. The molecule has 2 fully saturated rings. The van der Waals surface area contributed by atoms with Crippen LogP contribution in [0.2, 0.25) is 0 Å². The second kappa shape index (κ2) is 9.08. The molecule has 5 nitrogen and oxygen atoms in total. The Bertz CT molecular complexity index is 518. The van der Waals surface area contributed by atoms with Crippen LogP contribution >= 0.6 is 40.7 Å². The third kappa shape index (κ3) is 5.22. The maximum atomic E-state index is 12.1. The predicted octanol–water partition coefficient (Wildman–Crippen LogP) is 1.71. The summed E-state index contributed by atoms with van der Waals surface area (Å²) in [6.45, 7) is 2.30. The molecule has 2 saturated heterocycles. The maximum Gasteiger partial charge on any atom is 0.237 e. The van der Waals surface area contributed by atoms with Crippen LogP contribution in [0.5, 0.6) is 0 Å². The molecule has 23 heavy (non-hydrogen) atoms. The minimum absolute atomic E-state index is 0. The molecule has 0 bridgehead atoms. The molecular formula is C15H22BrCl2N3O2. The van der Waals surface area contributed by atoms with E-state index in [1.54, 1.807) is 0 Å². The summed E-state index contributed by atoms with van der Waals surface area (Å²) in [5.41, 5.74) is 1.18. The quantitative estimate of drug-likeness (QED) is 0.688. The average Bonchev–Trinajstić information content (AvgIpc) is 3.09. The summed E-state index contributed by atoms with van der Waals surface area (Å²) in [6, 6.07) is 8.17. The molecule has 2 heterocycles. The van der Waals surface area contributed by atoms with Gasteiger partial charge >= 0.3 is 0 Å². The van der Waals surface area contributed by atoms with E-state index in [1.807, 2.05) is 12.1 Å². The highest BCUT2D eigenvalue weighted by Gasteiger charge is 2.31. The molecule has 1 aromatic carbocycles. The number of benzene rings is 1. The van der Waals surface area contributed by atoms with Crippen LogP contribution in [0.15, 0.2) is 28.7 Å². The number of nitrogens with zero attached hydrogens (tertiary/aromatic N) is 1. The van der Waals surface area contributed by atoms with Gasteiger partial charge in [0, 0.05) is 35.8 Å². The molecule has 0 radical (unpaired) electrons. The zero-order valence-corrected chi connectivity index (χ0v) is 15.8. The lowest BCUT2D eigenvalue weighted by Gasteiger charge is -2.20. The number of carbonyl (C=O) groups is 1. The van der Waals surface area contributed by atoms with Crippen molar-refractivity contribution in [1.82, 2.24) is 10.6 Å². The Morgan fingerprint density at radius 1 is 1.30 bits per heavy atom. The van der Waals surface area contributed by atoms with Gasteiger partial charge in [0.2, 0.25) is 5.91 Å². The summed E-state index contributed by atoms with van der Waals surface area (Å²) < 4.78 is 1.07. The van der Waals surface area contributed by atoms with Crippen LogP contribution in [0.1, 0.15) is 12.8 Å². The smallest absolute Gasteiger partial charge is 0.237 e. The first kappa shape index (κ1) is 20.5. The molecule has 3 N–H and O–H groups in total. The van der Waals surface area contributed by atoms with Gasteiger partial charge in [-0.25, -0.2) is 0 Å². The summed E-state index contributed by atoms with van der Waals surface area (Å²) in [4.78, 5) is 14.4. The molecule has 0 aliphatic carbocycles. The first-order valence-electron chi connectivity index (χ1n) is 7.34. The molecule has 2 aliphatic heterocycles. The van der Waals surface area contributed by atoms with Gasteiger partial charge in [-0.1, -0.05) is 15.9 Å². The third-order valence-electron chi connectivity index (χ3n) is 4.15. The highest BCUT2D eigenvalue weighted by Crippen LogP contribution is 2.22. The van der Waals surface area contributed by atoms with Crippen LogP contribution in [-0.4, -0.2) is 48.8 Å². The fraction of sp³-hybridized carbons (Fsp3) is 0.533. The van der Waals surface area contributed by atoms with Crippen molar-refractivity contribution in [2.24, 2.45) is 0 Å². The number of hydrogen-bond acceptors (Lipinski definition) is 4. The number of aliphatic hydroxyl groups is 1. The van der Waals surface area contributed by atoms with Gasteiger partial charge < -0.3 is 20.6 Å². The highest BCUT2D eigenvalue weighted by atomic mass is 79.9. The summed E-state index contributed by atoms with van der Waals surface area (Å²) in [5, 5.41) is 15.6. The molecular weight excluding hydrogens is 405 g/mol. The van der Waals surface area contributed by atoms with Crippen LogP contribution in [-0.2, 0) is 4.79 Å². The van der Waals surface area contributed by atoms with Gasteiger partial charge in [0.1, 0.15) is 0 Å². The molecule has 3 atom stereocenters. The number of hydrogen-bond donors (Lipinski definition) is 3. The summed E-state index contributed by atoms with van der Waals surface area (Å²) in [6.07, 6.45) is 1.06. The van der Waals surface area contributed by atoms with Crippen LogP contribution in [0.3, 0.4) is 0 Å². The SMILES string of the molecule is Cl.Cl.O=C(NC1CCN(c2ccc(Br)cc2)C1)C1CC(O)CN1. The van der Waals surface area contributed by atoms with Crippen LogP contribution in [0.4, 0.5) is 5.69 Å². The molecule has 2 aliphatic rings. The van der Waals surface area contributed by atoms with Crippen molar-refractivity contribution < 1.29 is 9.90 Å². The van der Waals surface area contributed by atoms with E-state index in [1.165, 1.54) is 5.69 Å². The molecule has 130 valence electrons. The van der Waals surface area contributed by atoms with Gasteiger partial charge in [-0.2, -0.15) is 0 Å². The Morgan fingerprint density at radius 2 is 2.00 bits per heavy atom. The molecule has 8 heteroatoms. The number of anilines is 1. The highest BCUT2D eigenvalue weighted by molar-refractivity contribution is 9.10. The first-order chi connectivity index (χ1) is 10.1. The molecule has 1 amide bonds. The van der Waals surface area contributed by atoms with E-state index in [0.717, 1.165) is 24.0 Å².